The average Bonchev–Trinajstić information content (AvgIpc) is 3.00. The van der Waals surface area contributed by atoms with Crippen LogP contribution in [-0.2, 0) is 6.61 Å². The molecule has 2 saturated carbocycles. The summed E-state index contributed by atoms with van der Waals surface area (Å²) in [7, 11) is 0. The molecule has 5 atom stereocenters. The fourth-order valence-electron chi connectivity index (χ4n) is 4.61. The molecule has 1 aromatic rings. The Balaban J connectivity index is 1.74. The molecule has 1 saturated heterocycles. The second-order valence-electron chi connectivity index (χ2n) is 6.08. The third kappa shape index (κ3) is 1.26. The largest absolute Gasteiger partial charge is 0.392 e. The minimum Gasteiger partial charge on any atom is -0.392 e. The lowest BCUT2D eigenvalue weighted by Gasteiger charge is -2.31. The van der Waals surface area contributed by atoms with Crippen LogP contribution in [0.1, 0.15) is 18.4 Å². The van der Waals surface area contributed by atoms with Crippen molar-refractivity contribution in [3.05, 3.63) is 29.8 Å². The molecule has 96 valence electrons. The Morgan fingerprint density at radius 2 is 2.00 bits per heavy atom. The van der Waals surface area contributed by atoms with Crippen molar-refractivity contribution in [2.45, 2.75) is 31.6 Å². The van der Waals surface area contributed by atoms with Crippen LogP contribution in [-0.4, -0.2) is 28.9 Å². The third-order valence-corrected chi connectivity index (χ3v) is 5.32. The van der Waals surface area contributed by atoms with Crippen LogP contribution in [0.25, 0.3) is 0 Å². The van der Waals surface area contributed by atoms with E-state index in [0.717, 1.165) is 23.7 Å². The minimum atomic E-state index is -0.166. The zero-order valence-electron chi connectivity index (χ0n) is 10.4. The first-order chi connectivity index (χ1) is 8.79. The Hall–Kier alpha value is -1.06. The molecule has 0 amide bonds. The molecule has 0 aromatic heterocycles. The maximum Gasteiger partial charge on any atom is 0.0774 e. The van der Waals surface area contributed by atoms with Crippen LogP contribution >= 0.6 is 0 Å². The van der Waals surface area contributed by atoms with Gasteiger partial charge < -0.3 is 15.1 Å². The van der Waals surface area contributed by atoms with Gasteiger partial charge in [-0.05, 0) is 36.7 Å². The van der Waals surface area contributed by atoms with Gasteiger partial charge in [0.1, 0.15) is 0 Å². The second-order valence-corrected chi connectivity index (χ2v) is 6.08. The molecule has 3 nitrogen and oxygen atoms in total. The van der Waals surface area contributed by atoms with Crippen molar-refractivity contribution in [3.8, 4) is 0 Å². The van der Waals surface area contributed by atoms with E-state index in [1.54, 1.807) is 0 Å². The summed E-state index contributed by atoms with van der Waals surface area (Å²) in [5.41, 5.74) is 2.11. The fourth-order valence-corrected chi connectivity index (χ4v) is 4.61. The molecule has 1 aromatic carbocycles. The van der Waals surface area contributed by atoms with Crippen LogP contribution in [0.15, 0.2) is 24.3 Å². The monoisotopic (exact) mass is 245 g/mol. The summed E-state index contributed by atoms with van der Waals surface area (Å²) in [4.78, 5) is 2.36. The molecule has 0 spiro atoms. The van der Waals surface area contributed by atoms with Crippen LogP contribution in [0.2, 0.25) is 0 Å². The maximum absolute atomic E-state index is 10.4. The Labute approximate surface area is 107 Å². The summed E-state index contributed by atoms with van der Waals surface area (Å²) < 4.78 is 0. The average molecular weight is 245 g/mol. The zero-order valence-corrected chi connectivity index (χ0v) is 10.4. The highest BCUT2D eigenvalue weighted by Gasteiger charge is 2.58. The summed E-state index contributed by atoms with van der Waals surface area (Å²) in [6.45, 7) is 1.13. The van der Waals surface area contributed by atoms with Crippen molar-refractivity contribution in [2.75, 3.05) is 11.4 Å². The van der Waals surface area contributed by atoms with E-state index >= 15 is 0 Å². The van der Waals surface area contributed by atoms with Gasteiger partial charge in [0.2, 0.25) is 0 Å². The molecule has 3 fully saturated rings. The second kappa shape index (κ2) is 3.72. The quantitative estimate of drug-likeness (QED) is 0.827. The zero-order chi connectivity index (χ0) is 12.3. The van der Waals surface area contributed by atoms with E-state index in [2.05, 4.69) is 11.0 Å². The van der Waals surface area contributed by atoms with Crippen molar-refractivity contribution >= 4 is 5.69 Å². The van der Waals surface area contributed by atoms with E-state index in [1.807, 2.05) is 18.2 Å². The van der Waals surface area contributed by atoms with Gasteiger partial charge in [0, 0.05) is 17.8 Å². The molecule has 1 heterocycles. The van der Waals surface area contributed by atoms with E-state index < -0.39 is 0 Å². The van der Waals surface area contributed by atoms with E-state index in [0.29, 0.717) is 17.9 Å². The highest BCUT2D eigenvalue weighted by atomic mass is 16.3. The molecule has 5 unspecified atom stereocenters. The van der Waals surface area contributed by atoms with Crippen molar-refractivity contribution < 1.29 is 10.2 Å². The molecule has 3 aliphatic rings. The number of anilines is 1. The van der Waals surface area contributed by atoms with Crippen LogP contribution < -0.4 is 4.90 Å². The highest BCUT2D eigenvalue weighted by Crippen LogP contribution is 2.56. The van der Waals surface area contributed by atoms with Gasteiger partial charge in [0.15, 0.2) is 0 Å². The summed E-state index contributed by atoms with van der Waals surface area (Å²) in [6.07, 6.45) is 2.23. The lowest BCUT2D eigenvalue weighted by molar-refractivity contribution is 0.0966. The SMILES string of the molecule is OCc1ccccc1N1CC2CC3CC2C1C3O. The maximum atomic E-state index is 10.4. The van der Waals surface area contributed by atoms with E-state index in [4.69, 9.17) is 0 Å². The molecule has 2 N–H and O–H groups in total. The molecule has 0 radical (unpaired) electrons. The van der Waals surface area contributed by atoms with E-state index in [1.165, 1.54) is 12.8 Å². The van der Waals surface area contributed by atoms with Gasteiger partial charge in [-0.25, -0.2) is 0 Å². The number of rotatable bonds is 2. The van der Waals surface area contributed by atoms with E-state index in [9.17, 15) is 10.2 Å². The number of fused-ring (bicyclic) bond motifs is 1. The lowest BCUT2D eigenvalue weighted by Crippen LogP contribution is -2.41. The van der Waals surface area contributed by atoms with Crippen molar-refractivity contribution in [3.63, 3.8) is 0 Å². The number of aliphatic hydroxyl groups is 2. The van der Waals surface area contributed by atoms with Gasteiger partial charge in [0.25, 0.3) is 0 Å². The van der Waals surface area contributed by atoms with E-state index in [-0.39, 0.29) is 12.7 Å². The number of benzene rings is 1. The van der Waals surface area contributed by atoms with Crippen LogP contribution in [0, 0.1) is 17.8 Å². The first-order valence-electron chi connectivity index (χ1n) is 6.93. The number of aliphatic hydroxyl groups excluding tert-OH is 2. The summed E-state index contributed by atoms with van der Waals surface area (Å²) >= 11 is 0. The molecular weight excluding hydrogens is 226 g/mol. The molecule has 1 aliphatic heterocycles. The predicted octanol–water partition coefficient (Wildman–Crippen LogP) is 1.38. The first kappa shape index (κ1) is 10.8. The summed E-state index contributed by atoms with van der Waals surface area (Å²) in [6, 6.07) is 8.34. The van der Waals surface area contributed by atoms with Crippen molar-refractivity contribution in [1.82, 2.24) is 0 Å². The van der Waals surface area contributed by atoms with Crippen molar-refractivity contribution in [2.24, 2.45) is 17.8 Å². The lowest BCUT2D eigenvalue weighted by atomic mass is 9.88. The fraction of sp³-hybridized carbons (Fsp3) is 0.600. The van der Waals surface area contributed by atoms with Gasteiger partial charge in [0.05, 0.1) is 18.8 Å². The van der Waals surface area contributed by atoms with Crippen molar-refractivity contribution in [1.29, 1.82) is 0 Å². The Bertz CT molecular complexity index is 473. The summed E-state index contributed by atoms with van der Waals surface area (Å²) in [5, 5.41) is 19.9. The van der Waals surface area contributed by atoms with Crippen LogP contribution in [0.3, 0.4) is 0 Å². The normalized spacial score (nSPS) is 40.8. The number of hydrogen-bond acceptors (Lipinski definition) is 3. The van der Waals surface area contributed by atoms with Gasteiger partial charge in [-0.3, -0.25) is 0 Å². The van der Waals surface area contributed by atoms with Gasteiger partial charge >= 0.3 is 0 Å². The van der Waals surface area contributed by atoms with Gasteiger partial charge in [-0.1, -0.05) is 18.2 Å². The minimum absolute atomic E-state index is 0.0776. The Kier molecular flexibility index (Phi) is 2.24. The molecule has 18 heavy (non-hydrogen) atoms. The van der Waals surface area contributed by atoms with Crippen LogP contribution in [0.4, 0.5) is 5.69 Å². The summed E-state index contributed by atoms with van der Waals surface area (Å²) in [5.74, 6) is 1.96. The molecular formula is C15H19NO2. The third-order valence-electron chi connectivity index (χ3n) is 5.32. The Morgan fingerprint density at radius 1 is 1.17 bits per heavy atom. The van der Waals surface area contributed by atoms with Crippen LogP contribution in [0.5, 0.6) is 0 Å². The molecule has 4 rings (SSSR count). The highest BCUT2D eigenvalue weighted by molar-refractivity contribution is 5.56. The molecule has 2 aliphatic carbocycles. The van der Waals surface area contributed by atoms with Gasteiger partial charge in [-0.2, -0.15) is 0 Å². The molecule has 3 heteroatoms. The number of para-hydroxylation sites is 1. The molecule has 2 bridgehead atoms. The Morgan fingerprint density at radius 3 is 2.78 bits per heavy atom. The number of hydrogen-bond donors (Lipinski definition) is 2. The number of nitrogens with zero attached hydrogens (tertiary/aromatic N) is 1. The first-order valence-corrected chi connectivity index (χ1v) is 6.93. The smallest absolute Gasteiger partial charge is 0.0774 e. The van der Waals surface area contributed by atoms with Gasteiger partial charge in [-0.15, -0.1) is 0 Å². The predicted molar refractivity (Wildman–Crippen MR) is 69.2 cm³/mol. The topological polar surface area (TPSA) is 43.7 Å². The standard InChI is InChI=1S/C15H19NO2/c17-8-9-3-1-2-4-13(9)16-7-11-5-10-6-12(11)14(16)15(10)18/h1-4,10-12,14-15,17-18H,5-8H2.